The number of likely N-dealkylation sites (tertiary alicyclic amines) is 1. The maximum atomic E-state index is 12.0. The van der Waals surface area contributed by atoms with Gasteiger partial charge in [-0.05, 0) is 30.5 Å². The summed E-state index contributed by atoms with van der Waals surface area (Å²) in [5.41, 5.74) is 1.70. The molecule has 18 heavy (non-hydrogen) atoms. The summed E-state index contributed by atoms with van der Waals surface area (Å²) in [6.07, 6.45) is 5.14. The van der Waals surface area contributed by atoms with Crippen molar-refractivity contribution in [1.82, 2.24) is 4.90 Å². The van der Waals surface area contributed by atoms with Crippen LogP contribution in [0.3, 0.4) is 0 Å². The molecule has 0 saturated carbocycles. The van der Waals surface area contributed by atoms with Gasteiger partial charge < -0.3 is 4.90 Å². The average molecular weight is 242 g/mol. The summed E-state index contributed by atoms with van der Waals surface area (Å²) >= 11 is 0. The van der Waals surface area contributed by atoms with E-state index < -0.39 is 0 Å². The van der Waals surface area contributed by atoms with Gasteiger partial charge in [-0.3, -0.25) is 4.79 Å². The maximum Gasteiger partial charge on any atom is 0.222 e. The molecular weight excluding hydrogens is 224 g/mol. The van der Waals surface area contributed by atoms with Crippen LogP contribution in [0.15, 0.2) is 24.3 Å². The zero-order valence-electron chi connectivity index (χ0n) is 10.6. The molecule has 1 aliphatic rings. The van der Waals surface area contributed by atoms with Gasteiger partial charge in [0.05, 0.1) is 11.6 Å². The molecule has 1 aliphatic heterocycles. The van der Waals surface area contributed by atoms with E-state index >= 15 is 0 Å². The summed E-state index contributed by atoms with van der Waals surface area (Å²) in [5.74, 6) is 0.247. The summed E-state index contributed by atoms with van der Waals surface area (Å²) in [5, 5.41) is 8.87. The van der Waals surface area contributed by atoms with Crippen molar-refractivity contribution in [2.24, 2.45) is 0 Å². The molecule has 0 spiro atoms. The normalized spacial score (nSPS) is 16.8. The first-order chi connectivity index (χ1) is 8.79. The second-order valence-electron chi connectivity index (χ2n) is 4.79. The van der Waals surface area contributed by atoms with Gasteiger partial charge in [-0.15, -0.1) is 0 Å². The van der Waals surface area contributed by atoms with Gasteiger partial charge in [0.25, 0.3) is 0 Å². The lowest BCUT2D eigenvalue weighted by Crippen LogP contribution is -2.32. The Balaban J connectivity index is 2.05. The Morgan fingerprint density at radius 3 is 2.89 bits per heavy atom. The Labute approximate surface area is 108 Å². The van der Waals surface area contributed by atoms with E-state index in [2.05, 4.69) is 6.07 Å². The zero-order chi connectivity index (χ0) is 12.8. The van der Waals surface area contributed by atoms with E-state index in [4.69, 9.17) is 5.26 Å². The maximum absolute atomic E-state index is 12.0. The van der Waals surface area contributed by atoms with E-state index in [9.17, 15) is 4.79 Å². The highest BCUT2D eigenvalue weighted by molar-refractivity contribution is 5.76. The Morgan fingerprint density at radius 2 is 2.06 bits per heavy atom. The first kappa shape index (κ1) is 12.6. The van der Waals surface area contributed by atoms with E-state index in [1.54, 1.807) is 6.07 Å². The predicted molar refractivity (Wildman–Crippen MR) is 69.7 cm³/mol. The minimum Gasteiger partial charge on any atom is -0.338 e. The fourth-order valence-corrected chi connectivity index (χ4v) is 2.34. The first-order valence-electron chi connectivity index (χ1n) is 6.56. The van der Waals surface area contributed by atoms with Crippen LogP contribution in [-0.4, -0.2) is 17.4 Å². The molecule has 3 nitrogen and oxygen atoms in total. The van der Waals surface area contributed by atoms with E-state index in [-0.39, 0.29) is 5.91 Å². The topological polar surface area (TPSA) is 44.1 Å². The van der Waals surface area contributed by atoms with Crippen molar-refractivity contribution >= 4 is 5.91 Å². The molecular formula is C15H18N2O. The quantitative estimate of drug-likeness (QED) is 0.800. The number of hydrogen-bond acceptors (Lipinski definition) is 2. The molecule has 1 aromatic rings. The molecule has 1 saturated heterocycles. The Morgan fingerprint density at radius 1 is 1.22 bits per heavy atom. The molecule has 0 atom stereocenters. The first-order valence-corrected chi connectivity index (χ1v) is 6.56. The van der Waals surface area contributed by atoms with Gasteiger partial charge in [0, 0.05) is 19.5 Å². The van der Waals surface area contributed by atoms with Crippen molar-refractivity contribution in [1.29, 1.82) is 5.26 Å². The van der Waals surface area contributed by atoms with Gasteiger partial charge in [-0.2, -0.15) is 5.26 Å². The lowest BCUT2D eigenvalue weighted by atomic mass is 10.1. The van der Waals surface area contributed by atoms with E-state index in [0.717, 1.165) is 24.9 Å². The average Bonchev–Trinajstić information content (AvgIpc) is 2.39. The standard InChI is InChI=1S/C15H18N2O/c16-11-13-6-5-7-14(10-13)12-17-9-4-2-1-3-8-15(17)18/h5-7,10H,1-4,8-9,12H2. The minimum absolute atomic E-state index is 0.247. The van der Waals surface area contributed by atoms with Crippen LogP contribution in [0.25, 0.3) is 0 Å². The van der Waals surface area contributed by atoms with Crippen molar-refractivity contribution in [2.75, 3.05) is 6.54 Å². The van der Waals surface area contributed by atoms with Gasteiger partial charge in [0.15, 0.2) is 0 Å². The predicted octanol–water partition coefficient (Wildman–Crippen LogP) is 2.85. The van der Waals surface area contributed by atoms with Crippen molar-refractivity contribution in [3.8, 4) is 6.07 Å². The molecule has 3 heteroatoms. The highest BCUT2D eigenvalue weighted by atomic mass is 16.2. The van der Waals surface area contributed by atoms with E-state index in [0.29, 0.717) is 18.5 Å². The number of nitrogens with zero attached hydrogens (tertiary/aromatic N) is 2. The molecule has 0 N–H and O–H groups in total. The fourth-order valence-electron chi connectivity index (χ4n) is 2.34. The molecule has 1 aromatic carbocycles. The lowest BCUT2D eigenvalue weighted by molar-refractivity contribution is -0.132. The van der Waals surface area contributed by atoms with Gasteiger partial charge in [-0.25, -0.2) is 0 Å². The monoisotopic (exact) mass is 242 g/mol. The summed E-state index contributed by atoms with van der Waals surface area (Å²) in [4.78, 5) is 13.9. The minimum atomic E-state index is 0.247. The molecule has 0 bridgehead atoms. The van der Waals surface area contributed by atoms with Gasteiger partial charge >= 0.3 is 0 Å². The Hall–Kier alpha value is -1.82. The Bertz CT molecular complexity index is 462. The van der Waals surface area contributed by atoms with E-state index in [1.165, 1.54) is 12.8 Å². The lowest BCUT2D eigenvalue weighted by Gasteiger charge is -2.25. The molecule has 1 fully saturated rings. The van der Waals surface area contributed by atoms with Gasteiger partial charge in [0.2, 0.25) is 5.91 Å². The SMILES string of the molecule is N#Cc1cccc(CN2CCCCCCC2=O)c1. The second kappa shape index (κ2) is 6.20. The van der Waals surface area contributed by atoms with Crippen LogP contribution in [0.4, 0.5) is 0 Å². The largest absolute Gasteiger partial charge is 0.338 e. The smallest absolute Gasteiger partial charge is 0.222 e. The van der Waals surface area contributed by atoms with Crippen LogP contribution in [-0.2, 0) is 11.3 Å². The molecule has 0 unspecified atom stereocenters. The molecule has 94 valence electrons. The number of amides is 1. The summed E-state index contributed by atoms with van der Waals surface area (Å²) in [6.45, 7) is 1.48. The summed E-state index contributed by atoms with van der Waals surface area (Å²) in [7, 11) is 0. The van der Waals surface area contributed by atoms with Crippen molar-refractivity contribution in [3.63, 3.8) is 0 Å². The van der Waals surface area contributed by atoms with E-state index in [1.807, 2.05) is 23.1 Å². The third kappa shape index (κ3) is 3.33. The molecule has 0 aromatic heterocycles. The van der Waals surface area contributed by atoms with Crippen LogP contribution in [0.1, 0.15) is 43.2 Å². The number of carbonyl (C=O) groups is 1. The fraction of sp³-hybridized carbons (Fsp3) is 0.467. The van der Waals surface area contributed by atoms with Gasteiger partial charge in [0.1, 0.15) is 0 Å². The number of benzene rings is 1. The van der Waals surface area contributed by atoms with Crippen LogP contribution in [0.2, 0.25) is 0 Å². The number of carbonyl (C=O) groups excluding carboxylic acids is 1. The summed E-state index contributed by atoms with van der Waals surface area (Å²) < 4.78 is 0. The van der Waals surface area contributed by atoms with Gasteiger partial charge in [-0.1, -0.05) is 25.0 Å². The zero-order valence-corrected chi connectivity index (χ0v) is 10.6. The van der Waals surface area contributed by atoms with Crippen LogP contribution < -0.4 is 0 Å². The molecule has 2 rings (SSSR count). The highest BCUT2D eigenvalue weighted by Gasteiger charge is 2.15. The molecule has 1 amide bonds. The van der Waals surface area contributed by atoms with Crippen molar-refractivity contribution < 1.29 is 4.79 Å². The van der Waals surface area contributed by atoms with Crippen molar-refractivity contribution in [3.05, 3.63) is 35.4 Å². The second-order valence-corrected chi connectivity index (χ2v) is 4.79. The highest BCUT2D eigenvalue weighted by Crippen LogP contribution is 2.15. The molecule has 0 aliphatic carbocycles. The number of hydrogen-bond donors (Lipinski definition) is 0. The third-order valence-corrected chi connectivity index (χ3v) is 3.35. The van der Waals surface area contributed by atoms with Crippen LogP contribution in [0, 0.1) is 11.3 Å². The molecule has 1 heterocycles. The van der Waals surface area contributed by atoms with Crippen LogP contribution >= 0.6 is 0 Å². The van der Waals surface area contributed by atoms with Crippen LogP contribution in [0.5, 0.6) is 0 Å². The summed E-state index contributed by atoms with van der Waals surface area (Å²) in [6, 6.07) is 9.65. The molecule has 0 radical (unpaired) electrons. The Kier molecular flexibility index (Phi) is 4.35. The number of rotatable bonds is 2. The van der Waals surface area contributed by atoms with Crippen molar-refractivity contribution in [2.45, 2.75) is 38.6 Å². The third-order valence-electron chi connectivity index (χ3n) is 3.35. The number of nitriles is 1.